The van der Waals surface area contributed by atoms with E-state index in [1.54, 1.807) is 10.9 Å². The molecule has 1 aromatic rings. The molecule has 0 unspecified atom stereocenters. The standard InChI is InChI=1S/C9H18N4O/c1-13-9(8-11-12-13)7-10-5-3-2-4-6-14/h8,10,14H,2-7H2,1H3. The van der Waals surface area contributed by atoms with Gasteiger partial charge in [0.2, 0.25) is 0 Å². The Hall–Kier alpha value is -0.940. The van der Waals surface area contributed by atoms with Crippen LogP contribution in [0.4, 0.5) is 0 Å². The summed E-state index contributed by atoms with van der Waals surface area (Å²) in [6, 6.07) is 0. The highest BCUT2D eigenvalue weighted by Crippen LogP contribution is 1.94. The van der Waals surface area contributed by atoms with Crippen LogP contribution in [0, 0.1) is 0 Å². The number of nitrogens with zero attached hydrogens (tertiary/aromatic N) is 3. The number of rotatable bonds is 7. The first-order valence-electron chi connectivity index (χ1n) is 4.99. The van der Waals surface area contributed by atoms with Gasteiger partial charge in [0.05, 0.1) is 11.9 Å². The van der Waals surface area contributed by atoms with Crippen molar-refractivity contribution in [2.75, 3.05) is 13.2 Å². The normalized spacial score (nSPS) is 10.7. The molecule has 1 aromatic heterocycles. The summed E-state index contributed by atoms with van der Waals surface area (Å²) in [5, 5.41) is 19.5. The minimum Gasteiger partial charge on any atom is -0.396 e. The number of hydrogen-bond acceptors (Lipinski definition) is 4. The first-order chi connectivity index (χ1) is 6.84. The molecular formula is C9H18N4O. The highest BCUT2D eigenvalue weighted by Gasteiger charge is 1.97. The van der Waals surface area contributed by atoms with Crippen molar-refractivity contribution in [3.05, 3.63) is 11.9 Å². The minimum atomic E-state index is 0.297. The van der Waals surface area contributed by atoms with E-state index in [-0.39, 0.29) is 0 Å². The Balaban J connectivity index is 2.02. The Morgan fingerprint density at radius 1 is 1.43 bits per heavy atom. The molecule has 0 amide bonds. The van der Waals surface area contributed by atoms with Crippen LogP contribution < -0.4 is 5.32 Å². The highest BCUT2D eigenvalue weighted by molar-refractivity contribution is 4.91. The topological polar surface area (TPSA) is 63.0 Å². The second kappa shape index (κ2) is 6.50. The zero-order valence-corrected chi connectivity index (χ0v) is 8.61. The fourth-order valence-electron chi connectivity index (χ4n) is 1.23. The van der Waals surface area contributed by atoms with E-state index >= 15 is 0 Å². The first kappa shape index (κ1) is 11.1. The smallest absolute Gasteiger partial charge is 0.0738 e. The van der Waals surface area contributed by atoms with Crippen LogP contribution in [0.2, 0.25) is 0 Å². The fourth-order valence-corrected chi connectivity index (χ4v) is 1.23. The molecule has 1 rings (SSSR count). The van der Waals surface area contributed by atoms with Crippen molar-refractivity contribution in [1.29, 1.82) is 0 Å². The van der Waals surface area contributed by atoms with Gasteiger partial charge in [-0.1, -0.05) is 5.21 Å². The number of aryl methyl sites for hydroxylation is 1. The Bertz CT molecular complexity index is 249. The highest BCUT2D eigenvalue weighted by atomic mass is 16.2. The maximum Gasteiger partial charge on any atom is 0.0738 e. The fraction of sp³-hybridized carbons (Fsp3) is 0.778. The zero-order chi connectivity index (χ0) is 10.2. The van der Waals surface area contributed by atoms with Crippen LogP contribution in [-0.2, 0) is 13.6 Å². The van der Waals surface area contributed by atoms with Gasteiger partial charge >= 0.3 is 0 Å². The van der Waals surface area contributed by atoms with Gasteiger partial charge in [0, 0.05) is 20.2 Å². The average Bonchev–Trinajstić information content (AvgIpc) is 2.58. The Kier molecular flexibility index (Phi) is 5.17. The van der Waals surface area contributed by atoms with Crippen molar-refractivity contribution in [1.82, 2.24) is 20.3 Å². The molecule has 0 radical (unpaired) electrons. The summed E-state index contributed by atoms with van der Waals surface area (Å²) in [4.78, 5) is 0. The van der Waals surface area contributed by atoms with E-state index in [1.165, 1.54) is 0 Å². The minimum absolute atomic E-state index is 0.297. The summed E-state index contributed by atoms with van der Waals surface area (Å²) in [5.41, 5.74) is 1.09. The largest absolute Gasteiger partial charge is 0.396 e. The van der Waals surface area contributed by atoms with Gasteiger partial charge in [0.1, 0.15) is 0 Å². The van der Waals surface area contributed by atoms with Gasteiger partial charge in [-0.2, -0.15) is 0 Å². The van der Waals surface area contributed by atoms with Crippen molar-refractivity contribution in [2.45, 2.75) is 25.8 Å². The molecule has 2 N–H and O–H groups in total. The molecule has 5 heteroatoms. The summed E-state index contributed by atoms with van der Waals surface area (Å²) in [6.07, 6.45) is 4.84. The summed E-state index contributed by atoms with van der Waals surface area (Å²) < 4.78 is 1.76. The van der Waals surface area contributed by atoms with Crippen molar-refractivity contribution < 1.29 is 5.11 Å². The predicted octanol–water partition coefficient (Wildman–Crippen LogP) is 0.0673. The second-order valence-corrected chi connectivity index (χ2v) is 3.31. The van der Waals surface area contributed by atoms with Crippen LogP contribution in [0.15, 0.2) is 6.20 Å². The number of aromatic nitrogens is 3. The molecule has 0 atom stereocenters. The molecule has 0 aliphatic rings. The third kappa shape index (κ3) is 3.85. The summed E-state index contributed by atoms with van der Waals surface area (Å²) in [7, 11) is 1.88. The van der Waals surface area contributed by atoms with Crippen molar-refractivity contribution in [3.8, 4) is 0 Å². The molecule has 14 heavy (non-hydrogen) atoms. The van der Waals surface area contributed by atoms with E-state index < -0.39 is 0 Å². The lowest BCUT2D eigenvalue weighted by molar-refractivity contribution is 0.283. The number of aliphatic hydroxyl groups is 1. The molecular weight excluding hydrogens is 180 g/mol. The van der Waals surface area contributed by atoms with Crippen LogP contribution in [0.1, 0.15) is 25.0 Å². The quantitative estimate of drug-likeness (QED) is 0.608. The number of hydrogen-bond donors (Lipinski definition) is 2. The van der Waals surface area contributed by atoms with E-state index in [0.29, 0.717) is 6.61 Å². The first-order valence-corrected chi connectivity index (χ1v) is 4.99. The SMILES string of the molecule is Cn1nncc1CNCCCCCO. The van der Waals surface area contributed by atoms with Crippen LogP contribution in [0.25, 0.3) is 0 Å². The Morgan fingerprint density at radius 2 is 2.29 bits per heavy atom. The maximum atomic E-state index is 8.57. The number of unbranched alkanes of at least 4 members (excludes halogenated alkanes) is 2. The molecule has 1 heterocycles. The third-order valence-corrected chi connectivity index (χ3v) is 2.13. The van der Waals surface area contributed by atoms with Crippen molar-refractivity contribution in [3.63, 3.8) is 0 Å². The van der Waals surface area contributed by atoms with Crippen LogP contribution in [-0.4, -0.2) is 33.3 Å². The van der Waals surface area contributed by atoms with Gasteiger partial charge in [-0.15, -0.1) is 5.10 Å². The van der Waals surface area contributed by atoms with E-state index in [9.17, 15) is 0 Å². The summed E-state index contributed by atoms with van der Waals surface area (Å²) >= 11 is 0. The second-order valence-electron chi connectivity index (χ2n) is 3.31. The van der Waals surface area contributed by atoms with Gasteiger partial charge < -0.3 is 10.4 Å². The monoisotopic (exact) mass is 198 g/mol. The molecule has 0 saturated heterocycles. The third-order valence-electron chi connectivity index (χ3n) is 2.13. The number of aliphatic hydroxyl groups excluding tert-OH is 1. The molecule has 0 aromatic carbocycles. The Morgan fingerprint density at radius 3 is 2.93 bits per heavy atom. The molecule has 80 valence electrons. The predicted molar refractivity (Wildman–Crippen MR) is 53.6 cm³/mol. The molecule has 0 aliphatic heterocycles. The lowest BCUT2D eigenvalue weighted by Gasteiger charge is -2.03. The van der Waals surface area contributed by atoms with Crippen molar-refractivity contribution in [2.24, 2.45) is 7.05 Å². The zero-order valence-electron chi connectivity index (χ0n) is 8.61. The molecule has 0 spiro atoms. The lowest BCUT2D eigenvalue weighted by atomic mass is 10.2. The number of nitrogens with one attached hydrogen (secondary N) is 1. The van der Waals surface area contributed by atoms with Gasteiger partial charge in [-0.25, -0.2) is 0 Å². The summed E-state index contributed by atoms with van der Waals surface area (Å²) in [5.74, 6) is 0. The van der Waals surface area contributed by atoms with E-state index in [2.05, 4.69) is 15.6 Å². The van der Waals surface area contributed by atoms with Gasteiger partial charge in [-0.3, -0.25) is 4.68 Å². The van der Waals surface area contributed by atoms with E-state index in [0.717, 1.165) is 38.0 Å². The van der Waals surface area contributed by atoms with Gasteiger partial charge in [-0.05, 0) is 25.8 Å². The molecule has 5 nitrogen and oxygen atoms in total. The Labute approximate surface area is 84.1 Å². The molecule has 0 aliphatic carbocycles. The molecule has 0 saturated carbocycles. The molecule has 0 bridgehead atoms. The maximum absolute atomic E-state index is 8.57. The molecule has 0 fully saturated rings. The van der Waals surface area contributed by atoms with E-state index in [1.807, 2.05) is 7.05 Å². The average molecular weight is 198 g/mol. The van der Waals surface area contributed by atoms with E-state index in [4.69, 9.17) is 5.11 Å². The summed E-state index contributed by atoms with van der Waals surface area (Å²) in [6.45, 7) is 2.08. The van der Waals surface area contributed by atoms with Crippen LogP contribution in [0.3, 0.4) is 0 Å². The van der Waals surface area contributed by atoms with Gasteiger partial charge in [0.25, 0.3) is 0 Å². The van der Waals surface area contributed by atoms with Crippen molar-refractivity contribution >= 4 is 0 Å². The van der Waals surface area contributed by atoms with Crippen LogP contribution in [0.5, 0.6) is 0 Å². The van der Waals surface area contributed by atoms with Gasteiger partial charge in [0.15, 0.2) is 0 Å². The van der Waals surface area contributed by atoms with Crippen LogP contribution >= 0.6 is 0 Å². The lowest BCUT2D eigenvalue weighted by Crippen LogP contribution is -2.16.